The Morgan fingerprint density at radius 3 is 2.52 bits per heavy atom. The molecule has 0 radical (unpaired) electrons. The molecule has 1 unspecified atom stereocenters. The average Bonchev–Trinajstić information content (AvgIpc) is 2.60. The first-order valence-corrected chi connectivity index (χ1v) is 9.22. The maximum atomic E-state index is 12.4. The van der Waals surface area contributed by atoms with E-state index in [0.29, 0.717) is 0 Å². The Hall–Kier alpha value is -2.62. The van der Waals surface area contributed by atoms with Crippen LogP contribution in [0.4, 0.5) is 0 Å². The lowest BCUT2D eigenvalue weighted by Crippen LogP contribution is -2.27. The highest BCUT2D eigenvalue weighted by Crippen LogP contribution is 2.16. The fourth-order valence-corrected chi connectivity index (χ4v) is 3.22. The highest BCUT2D eigenvalue weighted by atomic mass is 32.2. The standard InChI is InChI=1S/C19H20N2O3S/c1-4-12-20-25(23,24)18-7-5-6-17(13-18)19(22)21-15(3)16-10-8-14(2)9-11-16/h1,5-11,13,15,20H,12H2,2-3H3,(H,21,22). The molecule has 0 heterocycles. The molecular formula is C19H20N2O3S. The van der Waals surface area contributed by atoms with Gasteiger partial charge in [-0.2, -0.15) is 4.72 Å². The van der Waals surface area contributed by atoms with Crippen LogP contribution in [0.5, 0.6) is 0 Å². The van der Waals surface area contributed by atoms with E-state index in [0.717, 1.165) is 11.1 Å². The molecule has 5 nitrogen and oxygen atoms in total. The van der Waals surface area contributed by atoms with Gasteiger partial charge in [-0.05, 0) is 37.6 Å². The summed E-state index contributed by atoms with van der Waals surface area (Å²) in [5, 5.41) is 2.87. The molecule has 25 heavy (non-hydrogen) atoms. The highest BCUT2D eigenvalue weighted by Gasteiger charge is 2.17. The van der Waals surface area contributed by atoms with Crippen molar-refractivity contribution in [2.45, 2.75) is 24.8 Å². The topological polar surface area (TPSA) is 75.3 Å². The van der Waals surface area contributed by atoms with Crippen LogP contribution in [0.15, 0.2) is 53.4 Å². The fraction of sp³-hybridized carbons (Fsp3) is 0.211. The zero-order chi connectivity index (χ0) is 18.4. The Morgan fingerprint density at radius 1 is 1.20 bits per heavy atom. The molecule has 0 saturated heterocycles. The van der Waals surface area contributed by atoms with Gasteiger partial charge in [0.25, 0.3) is 5.91 Å². The van der Waals surface area contributed by atoms with E-state index in [1.807, 2.05) is 38.1 Å². The maximum Gasteiger partial charge on any atom is 0.251 e. The highest BCUT2D eigenvalue weighted by molar-refractivity contribution is 7.89. The Morgan fingerprint density at radius 2 is 1.88 bits per heavy atom. The summed E-state index contributed by atoms with van der Waals surface area (Å²) in [5.41, 5.74) is 2.38. The summed E-state index contributed by atoms with van der Waals surface area (Å²) in [6, 6.07) is 13.5. The van der Waals surface area contributed by atoms with Gasteiger partial charge in [0.15, 0.2) is 0 Å². The minimum Gasteiger partial charge on any atom is -0.346 e. The van der Waals surface area contributed by atoms with Gasteiger partial charge in [-0.1, -0.05) is 41.8 Å². The summed E-state index contributed by atoms with van der Waals surface area (Å²) in [6.07, 6.45) is 5.07. The van der Waals surface area contributed by atoms with Crippen molar-refractivity contribution in [3.8, 4) is 12.3 Å². The van der Waals surface area contributed by atoms with E-state index in [1.54, 1.807) is 6.07 Å². The smallest absolute Gasteiger partial charge is 0.251 e. The Bertz CT molecular complexity index is 897. The largest absolute Gasteiger partial charge is 0.346 e. The molecule has 0 aliphatic heterocycles. The molecule has 2 aromatic carbocycles. The average molecular weight is 356 g/mol. The first-order chi connectivity index (χ1) is 11.8. The van der Waals surface area contributed by atoms with Gasteiger partial charge >= 0.3 is 0 Å². The summed E-state index contributed by atoms with van der Waals surface area (Å²) in [6.45, 7) is 3.76. The van der Waals surface area contributed by atoms with E-state index in [1.165, 1.54) is 18.2 Å². The number of carbonyl (C=O) groups excluding carboxylic acids is 1. The molecule has 0 fully saturated rings. The summed E-state index contributed by atoms with van der Waals surface area (Å²) >= 11 is 0. The van der Waals surface area contributed by atoms with Crippen molar-refractivity contribution in [3.05, 3.63) is 65.2 Å². The number of nitrogens with one attached hydrogen (secondary N) is 2. The summed E-state index contributed by atoms with van der Waals surface area (Å²) in [7, 11) is -3.74. The number of rotatable bonds is 6. The van der Waals surface area contributed by atoms with E-state index in [2.05, 4.69) is 16.0 Å². The van der Waals surface area contributed by atoms with Crippen LogP contribution in [0.3, 0.4) is 0 Å². The molecule has 0 saturated carbocycles. The van der Waals surface area contributed by atoms with Crippen molar-refractivity contribution < 1.29 is 13.2 Å². The van der Waals surface area contributed by atoms with Crippen LogP contribution in [0.25, 0.3) is 0 Å². The minimum absolute atomic E-state index is 0.00149. The van der Waals surface area contributed by atoms with Gasteiger partial charge in [-0.25, -0.2) is 8.42 Å². The second kappa shape index (κ2) is 7.97. The second-order valence-electron chi connectivity index (χ2n) is 5.66. The molecule has 6 heteroatoms. The molecule has 130 valence electrons. The zero-order valence-corrected chi connectivity index (χ0v) is 14.9. The number of sulfonamides is 1. The number of amides is 1. The van der Waals surface area contributed by atoms with Gasteiger partial charge < -0.3 is 5.32 Å². The van der Waals surface area contributed by atoms with Gasteiger partial charge in [0, 0.05) is 5.56 Å². The third-order valence-corrected chi connectivity index (χ3v) is 5.09. The molecule has 0 aliphatic rings. The number of aryl methyl sites for hydroxylation is 1. The predicted molar refractivity (Wildman–Crippen MR) is 97.5 cm³/mol. The monoisotopic (exact) mass is 356 g/mol. The lowest BCUT2D eigenvalue weighted by molar-refractivity contribution is 0.0939. The molecule has 0 aromatic heterocycles. The van der Waals surface area contributed by atoms with E-state index in [4.69, 9.17) is 6.42 Å². The summed E-state index contributed by atoms with van der Waals surface area (Å²) < 4.78 is 26.5. The van der Waals surface area contributed by atoms with Crippen LogP contribution in [0, 0.1) is 19.3 Å². The van der Waals surface area contributed by atoms with E-state index in [-0.39, 0.29) is 29.0 Å². The van der Waals surface area contributed by atoms with Crippen LogP contribution in [0.2, 0.25) is 0 Å². The third kappa shape index (κ3) is 4.92. The zero-order valence-electron chi connectivity index (χ0n) is 14.1. The van der Waals surface area contributed by atoms with E-state index in [9.17, 15) is 13.2 Å². The van der Waals surface area contributed by atoms with E-state index >= 15 is 0 Å². The lowest BCUT2D eigenvalue weighted by atomic mass is 10.1. The lowest BCUT2D eigenvalue weighted by Gasteiger charge is -2.15. The SMILES string of the molecule is C#CCNS(=O)(=O)c1cccc(C(=O)NC(C)c2ccc(C)cc2)c1. The second-order valence-corrected chi connectivity index (χ2v) is 7.43. The molecule has 1 amide bonds. The molecule has 0 bridgehead atoms. The van der Waals surface area contributed by atoms with Gasteiger partial charge in [0.1, 0.15) is 0 Å². The van der Waals surface area contributed by atoms with Crippen molar-refractivity contribution in [1.29, 1.82) is 0 Å². The van der Waals surface area contributed by atoms with Crippen molar-refractivity contribution in [2.24, 2.45) is 0 Å². The molecule has 1 atom stereocenters. The van der Waals surface area contributed by atoms with Gasteiger partial charge in [-0.15, -0.1) is 6.42 Å². The van der Waals surface area contributed by atoms with Crippen LogP contribution in [-0.4, -0.2) is 20.9 Å². The van der Waals surface area contributed by atoms with Gasteiger partial charge in [-0.3, -0.25) is 4.79 Å². The van der Waals surface area contributed by atoms with Crippen LogP contribution >= 0.6 is 0 Å². The number of carbonyl (C=O) groups is 1. The summed E-state index contributed by atoms with van der Waals surface area (Å²) in [5.74, 6) is 1.86. The van der Waals surface area contributed by atoms with Gasteiger partial charge in [0.2, 0.25) is 10.0 Å². The third-order valence-electron chi connectivity index (χ3n) is 3.70. The molecule has 2 N–H and O–H groups in total. The Labute approximate surface area is 148 Å². The van der Waals surface area contributed by atoms with Crippen LogP contribution in [-0.2, 0) is 10.0 Å². The number of terminal acetylenes is 1. The quantitative estimate of drug-likeness (QED) is 0.781. The number of hydrogen-bond acceptors (Lipinski definition) is 3. The Balaban J connectivity index is 2.16. The normalized spacial score (nSPS) is 12.2. The Kier molecular flexibility index (Phi) is 5.97. The van der Waals surface area contributed by atoms with Crippen molar-refractivity contribution >= 4 is 15.9 Å². The first kappa shape index (κ1) is 18.7. The molecular weight excluding hydrogens is 336 g/mol. The minimum atomic E-state index is -3.74. The number of benzene rings is 2. The van der Waals surface area contributed by atoms with Crippen molar-refractivity contribution in [2.75, 3.05) is 6.54 Å². The number of hydrogen-bond donors (Lipinski definition) is 2. The van der Waals surface area contributed by atoms with Crippen molar-refractivity contribution in [1.82, 2.24) is 10.0 Å². The maximum absolute atomic E-state index is 12.4. The fourth-order valence-electron chi connectivity index (χ4n) is 2.24. The molecule has 2 rings (SSSR count). The van der Waals surface area contributed by atoms with Crippen LogP contribution in [0.1, 0.15) is 34.5 Å². The van der Waals surface area contributed by atoms with Gasteiger partial charge in [0.05, 0.1) is 17.5 Å². The predicted octanol–water partition coefficient (Wildman–Crippen LogP) is 2.40. The molecule has 0 spiro atoms. The first-order valence-electron chi connectivity index (χ1n) is 7.74. The molecule has 0 aliphatic carbocycles. The van der Waals surface area contributed by atoms with E-state index < -0.39 is 10.0 Å². The van der Waals surface area contributed by atoms with Crippen LogP contribution < -0.4 is 10.0 Å². The van der Waals surface area contributed by atoms with Crippen molar-refractivity contribution in [3.63, 3.8) is 0 Å². The molecule has 2 aromatic rings. The summed E-state index contributed by atoms with van der Waals surface area (Å²) in [4.78, 5) is 12.4.